The van der Waals surface area contributed by atoms with Gasteiger partial charge in [0.1, 0.15) is 5.84 Å². The maximum Gasteiger partial charge on any atom is 0.260 e. The van der Waals surface area contributed by atoms with Crippen LogP contribution in [0.2, 0.25) is 0 Å². The van der Waals surface area contributed by atoms with E-state index in [0.717, 1.165) is 16.8 Å². The van der Waals surface area contributed by atoms with Crippen LogP contribution >= 0.6 is 0 Å². The van der Waals surface area contributed by atoms with Crippen LogP contribution in [0.25, 0.3) is 16.5 Å². The molecule has 0 amide bonds. The molecule has 28 heavy (non-hydrogen) atoms. The third kappa shape index (κ3) is 3.50. The average Bonchev–Trinajstić information content (AvgIpc) is 2.70. The number of halogens is 1. The highest BCUT2D eigenvalue weighted by molar-refractivity contribution is 6.08. The SMILES string of the molecule is CN/C=C(\C=N)c1cc(F)c(=N)n(C(=N)Cn2ccc3ncccc3c2=O)c1. The molecule has 0 aliphatic rings. The van der Waals surface area contributed by atoms with E-state index >= 15 is 0 Å². The second-order valence-electron chi connectivity index (χ2n) is 5.96. The average molecular weight is 379 g/mol. The van der Waals surface area contributed by atoms with Gasteiger partial charge in [-0.25, -0.2) is 4.39 Å². The molecule has 3 heterocycles. The lowest BCUT2D eigenvalue weighted by Gasteiger charge is -2.13. The Morgan fingerprint density at radius 2 is 2.18 bits per heavy atom. The van der Waals surface area contributed by atoms with Crippen molar-refractivity contribution < 1.29 is 4.39 Å². The van der Waals surface area contributed by atoms with Crippen molar-refractivity contribution in [2.45, 2.75) is 6.54 Å². The molecule has 3 aromatic heterocycles. The zero-order chi connectivity index (χ0) is 20.3. The Labute approximate surface area is 159 Å². The van der Waals surface area contributed by atoms with Crippen molar-refractivity contribution >= 4 is 28.5 Å². The topological polar surface area (TPSA) is 123 Å². The highest BCUT2D eigenvalue weighted by Gasteiger charge is 2.12. The fourth-order valence-electron chi connectivity index (χ4n) is 2.77. The molecular formula is C19H18FN7O. The van der Waals surface area contributed by atoms with E-state index in [1.807, 2.05) is 0 Å². The lowest BCUT2D eigenvalue weighted by Crippen LogP contribution is -2.34. The Morgan fingerprint density at radius 3 is 2.89 bits per heavy atom. The van der Waals surface area contributed by atoms with Crippen LogP contribution in [0, 0.1) is 22.0 Å². The van der Waals surface area contributed by atoms with E-state index in [-0.39, 0.29) is 17.9 Å². The quantitative estimate of drug-likeness (QED) is 0.397. The molecule has 4 N–H and O–H groups in total. The Hall–Kier alpha value is -3.88. The molecule has 0 unspecified atom stereocenters. The van der Waals surface area contributed by atoms with Gasteiger partial charge in [-0.2, -0.15) is 0 Å². The van der Waals surface area contributed by atoms with E-state index in [4.69, 9.17) is 16.2 Å². The van der Waals surface area contributed by atoms with Crippen LogP contribution in [-0.4, -0.2) is 33.2 Å². The number of allylic oxidation sites excluding steroid dienone is 1. The lowest BCUT2D eigenvalue weighted by atomic mass is 10.1. The van der Waals surface area contributed by atoms with Crippen molar-refractivity contribution in [3.05, 3.63) is 76.3 Å². The zero-order valence-electron chi connectivity index (χ0n) is 15.0. The highest BCUT2D eigenvalue weighted by atomic mass is 19.1. The van der Waals surface area contributed by atoms with E-state index in [1.165, 1.54) is 23.2 Å². The number of hydrogen-bond donors (Lipinski definition) is 4. The molecule has 0 fully saturated rings. The summed E-state index contributed by atoms with van der Waals surface area (Å²) < 4.78 is 16.6. The van der Waals surface area contributed by atoms with Crippen LogP contribution in [0.4, 0.5) is 4.39 Å². The van der Waals surface area contributed by atoms with Gasteiger partial charge in [-0.15, -0.1) is 0 Å². The molecule has 0 aliphatic carbocycles. The van der Waals surface area contributed by atoms with Crippen molar-refractivity contribution in [1.82, 2.24) is 19.4 Å². The van der Waals surface area contributed by atoms with Crippen LogP contribution in [0.1, 0.15) is 5.56 Å². The molecule has 0 bridgehead atoms. The molecule has 0 radical (unpaired) electrons. The summed E-state index contributed by atoms with van der Waals surface area (Å²) in [4.78, 5) is 16.7. The Bertz CT molecular complexity index is 1220. The second-order valence-corrected chi connectivity index (χ2v) is 5.96. The molecule has 0 saturated heterocycles. The minimum absolute atomic E-state index is 0.154. The smallest absolute Gasteiger partial charge is 0.260 e. The molecule has 0 atom stereocenters. The molecule has 8 nitrogen and oxygen atoms in total. The first kappa shape index (κ1) is 18.9. The first-order valence-corrected chi connectivity index (χ1v) is 8.33. The van der Waals surface area contributed by atoms with Crippen molar-refractivity contribution in [3.8, 4) is 0 Å². The van der Waals surface area contributed by atoms with Gasteiger partial charge in [-0.3, -0.25) is 25.2 Å². The van der Waals surface area contributed by atoms with Gasteiger partial charge in [0.15, 0.2) is 11.3 Å². The fourth-order valence-corrected chi connectivity index (χ4v) is 2.77. The monoisotopic (exact) mass is 379 g/mol. The molecular weight excluding hydrogens is 361 g/mol. The van der Waals surface area contributed by atoms with Crippen molar-refractivity contribution in [2.75, 3.05) is 7.05 Å². The Balaban J connectivity index is 2.04. The van der Waals surface area contributed by atoms with E-state index in [9.17, 15) is 9.18 Å². The number of rotatable bonds is 5. The molecule has 0 saturated carbocycles. The van der Waals surface area contributed by atoms with Crippen LogP contribution in [-0.2, 0) is 6.54 Å². The molecule has 0 aliphatic heterocycles. The number of nitrogens with one attached hydrogen (secondary N) is 4. The van der Waals surface area contributed by atoms with Crippen LogP contribution in [0.3, 0.4) is 0 Å². The van der Waals surface area contributed by atoms with Crippen LogP contribution in [0.15, 0.2) is 53.9 Å². The fraction of sp³-hybridized carbons (Fsp3) is 0.105. The standard InChI is InChI=1S/C19H18FN7O/c1-24-9-13(8-21)12-7-15(20)18(23)27(10-12)17(22)11-26-6-4-16-14(19(26)28)3-2-5-25-16/h2-10,21-24H,11H2,1H3/b13-9+,21-8?,22-17?,23-18?. The second kappa shape index (κ2) is 7.78. The summed E-state index contributed by atoms with van der Waals surface area (Å²) >= 11 is 0. The van der Waals surface area contributed by atoms with Crippen molar-refractivity contribution in [1.29, 1.82) is 16.2 Å². The normalized spacial score (nSPS) is 11.4. The maximum atomic E-state index is 14.3. The first-order chi connectivity index (χ1) is 13.5. The van der Waals surface area contributed by atoms with Crippen LogP contribution in [0.5, 0.6) is 0 Å². The first-order valence-electron chi connectivity index (χ1n) is 8.33. The van der Waals surface area contributed by atoms with Gasteiger partial charge >= 0.3 is 0 Å². The molecule has 0 spiro atoms. The van der Waals surface area contributed by atoms with E-state index < -0.39 is 11.3 Å². The molecule has 142 valence electrons. The van der Waals surface area contributed by atoms with E-state index in [0.29, 0.717) is 22.0 Å². The van der Waals surface area contributed by atoms with Gasteiger partial charge in [0.25, 0.3) is 5.56 Å². The van der Waals surface area contributed by atoms with Gasteiger partial charge in [0.2, 0.25) is 0 Å². The number of hydrogen-bond acceptors (Lipinski definition) is 6. The number of pyridine rings is 3. The summed E-state index contributed by atoms with van der Waals surface area (Å²) in [6.07, 6.45) is 7.06. The number of nitrogens with zero attached hydrogens (tertiary/aromatic N) is 3. The van der Waals surface area contributed by atoms with Gasteiger partial charge in [-0.1, -0.05) is 0 Å². The Morgan fingerprint density at radius 1 is 1.39 bits per heavy atom. The van der Waals surface area contributed by atoms with Crippen LogP contribution < -0.4 is 16.4 Å². The van der Waals surface area contributed by atoms with Crippen molar-refractivity contribution in [2.24, 2.45) is 0 Å². The summed E-state index contributed by atoms with van der Waals surface area (Å²) in [5, 5.41) is 26.9. The zero-order valence-corrected chi connectivity index (χ0v) is 15.0. The van der Waals surface area contributed by atoms with Gasteiger partial charge in [-0.05, 0) is 24.3 Å². The summed E-state index contributed by atoms with van der Waals surface area (Å²) in [6, 6.07) is 6.10. The van der Waals surface area contributed by atoms with E-state index in [1.54, 1.807) is 31.4 Å². The summed E-state index contributed by atoms with van der Waals surface area (Å²) in [6.45, 7) is -0.154. The van der Waals surface area contributed by atoms with Gasteiger partial charge in [0.05, 0.1) is 17.4 Å². The molecule has 3 aromatic rings. The Kier molecular flexibility index (Phi) is 5.25. The minimum Gasteiger partial charge on any atom is -0.393 e. The molecule has 9 heteroatoms. The van der Waals surface area contributed by atoms with Gasteiger partial charge < -0.3 is 15.3 Å². The lowest BCUT2D eigenvalue weighted by molar-refractivity contribution is 0.587. The molecule has 3 rings (SSSR count). The van der Waals surface area contributed by atoms with Crippen molar-refractivity contribution in [3.63, 3.8) is 0 Å². The number of fused-ring (bicyclic) bond motifs is 1. The summed E-state index contributed by atoms with van der Waals surface area (Å²) in [5.41, 5.74) is 0.437. The third-order valence-corrected chi connectivity index (χ3v) is 4.16. The predicted octanol–water partition coefficient (Wildman–Crippen LogP) is 1.55. The number of aromatic nitrogens is 3. The maximum absolute atomic E-state index is 14.3. The van der Waals surface area contributed by atoms with Gasteiger partial charge in [0, 0.05) is 49.2 Å². The third-order valence-electron chi connectivity index (χ3n) is 4.16. The van der Waals surface area contributed by atoms with E-state index in [2.05, 4.69) is 10.3 Å². The molecule has 0 aromatic carbocycles. The highest BCUT2D eigenvalue weighted by Crippen LogP contribution is 2.11. The summed E-state index contributed by atoms with van der Waals surface area (Å²) in [7, 11) is 1.65. The minimum atomic E-state index is -0.832. The largest absolute Gasteiger partial charge is 0.393 e. The summed E-state index contributed by atoms with van der Waals surface area (Å²) in [5.74, 6) is -0.994. The predicted molar refractivity (Wildman–Crippen MR) is 105 cm³/mol.